The summed E-state index contributed by atoms with van der Waals surface area (Å²) in [7, 11) is 3.50. The van der Waals surface area contributed by atoms with Gasteiger partial charge in [0, 0.05) is 26.7 Å². The van der Waals surface area contributed by atoms with Gasteiger partial charge in [0.15, 0.2) is 5.96 Å². The van der Waals surface area contributed by atoms with Crippen molar-refractivity contribution in [2.24, 2.45) is 16.8 Å². The smallest absolute Gasteiger partial charge is 0.243 e. The van der Waals surface area contributed by atoms with E-state index in [-0.39, 0.29) is 12.5 Å². The van der Waals surface area contributed by atoms with E-state index < -0.39 is 0 Å². The maximum absolute atomic E-state index is 11.6. The molecule has 1 amide bonds. The van der Waals surface area contributed by atoms with E-state index in [0.717, 1.165) is 18.9 Å². The van der Waals surface area contributed by atoms with Crippen LogP contribution in [0.1, 0.15) is 47.5 Å². The van der Waals surface area contributed by atoms with Crippen LogP contribution in [-0.2, 0) is 4.79 Å². The third-order valence-electron chi connectivity index (χ3n) is 3.11. The standard InChI is InChI=1S/C16H34N4O/c1-12(2)8-9-14(5)19-16(17-10-13(3)4)18-11-15(21)20(6)7/h12-14H,8-11H2,1-7H3,(H2,17,18,19). The molecule has 0 bridgehead atoms. The minimum atomic E-state index is 0.00970. The quantitative estimate of drug-likeness (QED) is 0.533. The van der Waals surface area contributed by atoms with Gasteiger partial charge >= 0.3 is 0 Å². The second-order valence-electron chi connectivity index (χ2n) is 6.74. The zero-order valence-electron chi connectivity index (χ0n) is 14.9. The Morgan fingerprint density at radius 2 is 1.67 bits per heavy atom. The number of nitrogens with zero attached hydrogens (tertiary/aromatic N) is 2. The highest BCUT2D eigenvalue weighted by atomic mass is 16.2. The molecular formula is C16H34N4O. The number of carbonyl (C=O) groups is 1. The van der Waals surface area contributed by atoms with Crippen LogP contribution < -0.4 is 10.6 Å². The first-order valence-corrected chi connectivity index (χ1v) is 7.97. The Morgan fingerprint density at radius 1 is 1.05 bits per heavy atom. The molecule has 0 rings (SSSR count). The molecule has 0 aromatic heterocycles. The number of amides is 1. The average Bonchev–Trinajstić information content (AvgIpc) is 2.38. The lowest BCUT2D eigenvalue weighted by Gasteiger charge is -2.20. The van der Waals surface area contributed by atoms with Crippen molar-refractivity contribution < 1.29 is 4.79 Å². The Balaban J connectivity index is 4.50. The number of aliphatic imine (C=N–C) groups is 1. The normalized spacial score (nSPS) is 13.5. The molecule has 1 atom stereocenters. The topological polar surface area (TPSA) is 56.7 Å². The van der Waals surface area contributed by atoms with Gasteiger partial charge in [0.25, 0.3) is 0 Å². The molecule has 0 spiro atoms. The molecule has 21 heavy (non-hydrogen) atoms. The highest BCUT2D eigenvalue weighted by Gasteiger charge is 2.09. The molecular weight excluding hydrogens is 264 g/mol. The van der Waals surface area contributed by atoms with Crippen LogP contribution in [0, 0.1) is 11.8 Å². The third kappa shape index (κ3) is 11.1. The van der Waals surface area contributed by atoms with Gasteiger partial charge in [0.05, 0.1) is 0 Å². The molecule has 0 heterocycles. The summed E-state index contributed by atoms with van der Waals surface area (Å²) < 4.78 is 0. The van der Waals surface area contributed by atoms with E-state index >= 15 is 0 Å². The van der Waals surface area contributed by atoms with E-state index in [2.05, 4.69) is 50.2 Å². The number of hydrogen-bond acceptors (Lipinski definition) is 2. The van der Waals surface area contributed by atoms with Crippen molar-refractivity contribution >= 4 is 11.9 Å². The van der Waals surface area contributed by atoms with Crippen LogP contribution in [-0.4, -0.2) is 50.0 Å². The van der Waals surface area contributed by atoms with E-state index in [4.69, 9.17) is 0 Å². The summed E-state index contributed by atoms with van der Waals surface area (Å²) in [6.07, 6.45) is 2.28. The summed E-state index contributed by atoms with van der Waals surface area (Å²) in [6, 6.07) is 0.347. The number of likely N-dealkylation sites (N-methyl/N-ethyl adjacent to an activating group) is 1. The van der Waals surface area contributed by atoms with Gasteiger partial charge in [-0.05, 0) is 31.6 Å². The van der Waals surface area contributed by atoms with Gasteiger partial charge < -0.3 is 15.5 Å². The van der Waals surface area contributed by atoms with Crippen LogP contribution in [0.3, 0.4) is 0 Å². The van der Waals surface area contributed by atoms with Gasteiger partial charge in [-0.3, -0.25) is 4.79 Å². The first kappa shape index (κ1) is 19.7. The molecule has 0 fully saturated rings. The Hall–Kier alpha value is -1.26. The van der Waals surface area contributed by atoms with Crippen LogP contribution in [0.5, 0.6) is 0 Å². The van der Waals surface area contributed by atoms with E-state index in [1.807, 2.05) is 0 Å². The van der Waals surface area contributed by atoms with Crippen molar-refractivity contribution in [3.8, 4) is 0 Å². The summed E-state index contributed by atoms with van der Waals surface area (Å²) in [5.41, 5.74) is 0. The van der Waals surface area contributed by atoms with Crippen molar-refractivity contribution in [2.75, 3.05) is 27.2 Å². The number of rotatable bonds is 8. The first-order chi connectivity index (χ1) is 9.72. The Morgan fingerprint density at radius 3 is 2.14 bits per heavy atom. The minimum absolute atomic E-state index is 0.00970. The van der Waals surface area contributed by atoms with E-state index in [9.17, 15) is 4.79 Å². The molecule has 0 aromatic rings. The molecule has 0 aliphatic heterocycles. The maximum Gasteiger partial charge on any atom is 0.243 e. The van der Waals surface area contributed by atoms with Crippen LogP contribution in [0.25, 0.3) is 0 Å². The second kappa shape index (κ2) is 10.5. The van der Waals surface area contributed by atoms with Gasteiger partial charge in [-0.2, -0.15) is 0 Å². The highest BCUT2D eigenvalue weighted by molar-refractivity contribution is 5.84. The number of nitrogens with one attached hydrogen (secondary N) is 2. The summed E-state index contributed by atoms with van der Waals surface area (Å²) in [5.74, 6) is 1.98. The van der Waals surface area contributed by atoms with Crippen LogP contribution in [0.2, 0.25) is 0 Å². The fraction of sp³-hybridized carbons (Fsp3) is 0.875. The van der Waals surface area contributed by atoms with E-state index in [0.29, 0.717) is 17.9 Å². The Kier molecular flexibility index (Phi) is 9.84. The fourth-order valence-electron chi connectivity index (χ4n) is 1.63. The molecule has 0 saturated carbocycles. The summed E-state index contributed by atoms with van der Waals surface area (Å²) in [5, 5.41) is 6.69. The molecule has 0 radical (unpaired) electrons. The lowest BCUT2D eigenvalue weighted by molar-refractivity contribution is -0.127. The largest absolute Gasteiger partial charge is 0.356 e. The van der Waals surface area contributed by atoms with Gasteiger partial charge in [0.2, 0.25) is 5.91 Å². The van der Waals surface area contributed by atoms with Crippen LogP contribution in [0.4, 0.5) is 0 Å². The first-order valence-electron chi connectivity index (χ1n) is 7.97. The van der Waals surface area contributed by atoms with Gasteiger partial charge in [-0.15, -0.1) is 0 Å². The number of hydrogen-bond donors (Lipinski definition) is 2. The molecule has 0 saturated heterocycles. The fourth-order valence-corrected chi connectivity index (χ4v) is 1.63. The molecule has 124 valence electrons. The monoisotopic (exact) mass is 298 g/mol. The lowest BCUT2D eigenvalue weighted by Crippen LogP contribution is -2.44. The Bertz CT molecular complexity index is 324. The zero-order valence-corrected chi connectivity index (χ0v) is 14.9. The molecule has 0 aliphatic carbocycles. The number of carbonyl (C=O) groups excluding carboxylic acids is 1. The predicted octanol–water partition coefficient (Wildman–Crippen LogP) is 2.09. The van der Waals surface area contributed by atoms with Gasteiger partial charge in [0.1, 0.15) is 6.54 Å². The molecule has 1 unspecified atom stereocenters. The van der Waals surface area contributed by atoms with Crippen LogP contribution >= 0.6 is 0 Å². The summed E-state index contributed by atoms with van der Waals surface area (Å²) in [6.45, 7) is 11.9. The molecule has 5 nitrogen and oxygen atoms in total. The summed E-state index contributed by atoms with van der Waals surface area (Å²) in [4.78, 5) is 17.6. The summed E-state index contributed by atoms with van der Waals surface area (Å²) >= 11 is 0. The second-order valence-corrected chi connectivity index (χ2v) is 6.74. The molecule has 2 N–H and O–H groups in total. The SMILES string of the molecule is CC(C)CCC(C)NC(=NCC(=O)N(C)C)NCC(C)C. The number of guanidine groups is 1. The third-order valence-corrected chi connectivity index (χ3v) is 3.11. The lowest BCUT2D eigenvalue weighted by atomic mass is 10.0. The van der Waals surface area contributed by atoms with Gasteiger partial charge in [-0.25, -0.2) is 4.99 Å². The van der Waals surface area contributed by atoms with Crippen molar-refractivity contribution in [3.63, 3.8) is 0 Å². The maximum atomic E-state index is 11.6. The van der Waals surface area contributed by atoms with E-state index in [1.165, 1.54) is 6.42 Å². The van der Waals surface area contributed by atoms with Crippen LogP contribution in [0.15, 0.2) is 4.99 Å². The van der Waals surface area contributed by atoms with Crippen molar-refractivity contribution in [3.05, 3.63) is 0 Å². The van der Waals surface area contributed by atoms with E-state index in [1.54, 1.807) is 19.0 Å². The Labute approximate surface area is 130 Å². The zero-order chi connectivity index (χ0) is 16.4. The molecule has 5 heteroatoms. The molecule has 0 aromatic carbocycles. The molecule has 0 aliphatic rings. The van der Waals surface area contributed by atoms with Gasteiger partial charge in [-0.1, -0.05) is 27.7 Å². The predicted molar refractivity (Wildman–Crippen MR) is 90.5 cm³/mol. The van der Waals surface area contributed by atoms with Crippen molar-refractivity contribution in [1.82, 2.24) is 15.5 Å². The van der Waals surface area contributed by atoms with Crippen molar-refractivity contribution in [1.29, 1.82) is 0 Å². The average molecular weight is 298 g/mol. The highest BCUT2D eigenvalue weighted by Crippen LogP contribution is 2.06. The minimum Gasteiger partial charge on any atom is -0.356 e. The van der Waals surface area contributed by atoms with Crippen molar-refractivity contribution in [2.45, 2.75) is 53.5 Å².